The van der Waals surface area contributed by atoms with E-state index in [2.05, 4.69) is 19.2 Å². The summed E-state index contributed by atoms with van der Waals surface area (Å²) in [5.41, 5.74) is 0.457. The number of hydrogen-bond donors (Lipinski definition) is 1. The molecule has 4 nitrogen and oxygen atoms in total. The second-order valence-corrected chi connectivity index (χ2v) is 5.81. The average molecular weight is 308 g/mol. The summed E-state index contributed by atoms with van der Waals surface area (Å²) in [6, 6.07) is 6.35. The Morgan fingerprint density at radius 1 is 1.23 bits per heavy atom. The Bertz CT molecular complexity index is 503. The molecular formula is C17H25FN2O2. The van der Waals surface area contributed by atoms with Crippen LogP contribution in [0.15, 0.2) is 24.3 Å². The Labute approximate surface area is 131 Å². The minimum atomic E-state index is -0.329. The first kappa shape index (κ1) is 18.1. The lowest BCUT2D eigenvalue weighted by molar-refractivity contribution is -0.129. The first-order valence-electron chi connectivity index (χ1n) is 7.65. The quantitative estimate of drug-likeness (QED) is 0.803. The van der Waals surface area contributed by atoms with Gasteiger partial charge in [0.15, 0.2) is 0 Å². The maximum absolute atomic E-state index is 13.4. The lowest BCUT2D eigenvalue weighted by atomic mass is 10.1. The highest BCUT2D eigenvalue weighted by atomic mass is 19.1. The number of carbonyl (C=O) groups is 2. The maximum Gasteiger partial charge on any atom is 0.222 e. The molecule has 1 N–H and O–H groups in total. The molecule has 22 heavy (non-hydrogen) atoms. The number of carbonyl (C=O) groups excluding carboxylic acids is 2. The highest BCUT2D eigenvalue weighted by molar-refractivity contribution is 5.78. The lowest BCUT2D eigenvalue weighted by Crippen LogP contribution is -2.34. The highest BCUT2D eigenvalue weighted by Gasteiger charge is 2.12. The zero-order valence-electron chi connectivity index (χ0n) is 13.6. The van der Waals surface area contributed by atoms with E-state index in [4.69, 9.17) is 0 Å². The van der Waals surface area contributed by atoms with Gasteiger partial charge in [-0.05, 0) is 18.4 Å². The van der Waals surface area contributed by atoms with Gasteiger partial charge in [-0.1, -0.05) is 32.0 Å². The topological polar surface area (TPSA) is 49.4 Å². The number of hydrogen-bond acceptors (Lipinski definition) is 2. The van der Waals surface area contributed by atoms with Gasteiger partial charge in [0.05, 0.1) is 0 Å². The van der Waals surface area contributed by atoms with Gasteiger partial charge >= 0.3 is 0 Å². The van der Waals surface area contributed by atoms with Crippen LogP contribution >= 0.6 is 0 Å². The Morgan fingerprint density at radius 3 is 2.50 bits per heavy atom. The van der Waals surface area contributed by atoms with Gasteiger partial charge in [0.25, 0.3) is 0 Å². The molecule has 122 valence electrons. The van der Waals surface area contributed by atoms with E-state index in [1.807, 2.05) is 0 Å². The van der Waals surface area contributed by atoms with Gasteiger partial charge in [0.1, 0.15) is 5.82 Å². The van der Waals surface area contributed by atoms with Gasteiger partial charge in [0.2, 0.25) is 11.8 Å². The van der Waals surface area contributed by atoms with Gasteiger partial charge in [0, 0.05) is 38.5 Å². The Hall–Kier alpha value is -1.91. The van der Waals surface area contributed by atoms with Gasteiger partial charge in [-0.25, -0.2) is 4.39 Å². The van der Waals surface area contributed by atoms with Crippen molar-refractivity contribution in [2.45, 2.75) is 40.2 Å². The number of nitrogens with one attached hydrogen (secondary N) is 1. The minimum Gasteiger partial charge on any atom is -0.352 e. The number of nitrogens with zero attached hydrogens (tertiary/aromatic N) is 1. The van der Waals surface area contributed by atoms with Crippen molar-refractivity contribution in [1.82, 2.24) is 10.2 Å². The predicted molar refractivity (Wildman–Crippen MR) is 84.6 cm³/mol. The molecule has 0 aliphatic heterocycles. The second-order valence-electron chi connectivity index (χ2n) is 5.81. The molecule has 0 fully saturated rings. The smallest absolute Gasteiger partial charge is 0.222 e. The van der Waals surface area contributed by atoms with Gasteiger partial charge in [-0.3, -0.25) is 9.59 Å². The minimum absolute atomic E-state index is 0.0254. The number of benzene rings is 1. The Kier molecular flexibility index (Phi) is 7.57. The van der Waals surface area contributed by atoms with Crippen LogP contribution in [0.2, 0.25) is 0 Å². The highest BCUT2D eigenvalue weighted by Crippen LogP contribution is 2.06. The summed E-state index contributed by atoms with van der Waals surface area (Å²) in [5.74, 6) is -0.0246. The third-order valence-corrected chi connectivity index (χ3v) is 3.46. The molecule has 0 aromatic heterocycles. The fourth-order valence-corrected chi connectivity index (χ4v) is 2.00. The molecule has 0 saturated heterocycles. The molecule has 5 heteroatoms. The van der Waals surface area contributed by atoms with E-state index in [0.717, 1.165) is 6.42 Å². The Morgan fingerprint density at radius 2 is 1.91 bits per heavy atom. The van der Waals surface area contributed by atoms with Crippen LogP contribution in [0.5, 0.6) is 0 Å². The molecule has 0 atom stereocenters. The summed E-state index contributed by atoms with van der Waals surface area (Å²) < 4.78 is 13.4. The van der Waals surface area contributed by atoms with Gasteiger partial charge in [-0.15, -0.1) is 0 Å². The molecule has 0 bridgehead atoms. The standard InChI is InChI=1S/C17H25FN2O2/c1-13(2)8-10-20(14(3)21)11-9-17(22)19-12-15-6-4-5-7-16(15)18/h4-7,13H,8-12H2,1-3H3,(H,19,22). The second kappa shape index (κ2) is 9.18. The van der Waals surface area contributed by atoms with Crippen LogP contribution in [0.3, 0.4) is 0 Å². The predicted octanol–water partition coefficient (Wildman–Crippen LogP) is 2.73. The summed E-state index contributed by atoms with van der Waals surface area (Å²) in [5, 5.41) is 2.68. The normalized spacial score (nSPS) is 10.6. The number of rotatable bonds is 8. The molecule has 2 amide bonds. The summed E-state index contributed by atoms with van der Waals surface area (Å²) >= 11 is 0. The summed E-state index contributed by atoms with van der Waals surface area (Å²) in [6.45, 7) is 6.92. The van der Waals surface area contributed by atoms with Crippen LogP contribution < -0.4 is 5.32 Å². The molecule has 0 radical (unpaired) electrons. The van der Waals surface area contributed by atoms with Crippen LogP contribution in [0, 0.1) is 11.7 Å². The third-order valence-electron chi connectivity index (χ3n) is 3.46. The van der Waals surface area contributed by atoms with Crippen molar-refractivity contribution < 1.29 is 14.0 Å². The SMILES string of the molecule is CC(=O)N(CCC(=O)NCc1ccccc1F)CCC(C)C. The van der Waals surface area contributed by atoms with E-state index in [1.165, 1.54) is 13.0 Å². The van der Waals surface area contributed by atoms with Crippen molar-refractivity contribution in [2.75, 3.05) is 13.1 Å². The first-order valence-corrected chi connectivity index (χ1v) is 7.65. The first-order chi connectivity index (χ1) is 10.4. The Balaban J connectivity index is 2.37. The van der Waals surface area contributed by atoms with Crippen molar-refractivity contribution in [3.05, 3.63) is 35.6 Å². The number of halogens is 1. The monoisotopic (exact) mass is 308 g/mol. The molecule has 0 heterocycles. The molecule has 0 aliphatic carbocycles. The largest absolute Gasteiger partial charge is 0.352 e. The summed E-state index contributed by atoms with van der Waals surface area (Å²) in [7, 11) is 0. The zero-order valence-corrected chi connectivity index (χ0v) is 13.6. The van der Waals surface area contributed by atoms with Crippen LogP contribution in [0.1, 0.15) is 39.2 Å². The molecule has 0 spiro atoms. The van der Waals surface area contributed by atoms with E-state index < -0.39 is 0 Å². The van der Waals surface area contributed by atoms with E-state index in [-0.39, 0.29) is 30.6 Å². The van der Waals surface area contributed by atoms with Gasteiger partial charge < -0.3 is 10.2 Å². The molecule has 0 unspecified atom stereocenters. The maximum atomic E-state index is 13.4. The van der Waals surface area contributed by atoms with E-state index in [0.29, 0.717) is 24.6 Å². The van der Waals surface area contributed by atoms with E-state index >= 15 is 0 Å². The van der Waals surface area contributed by atoms with Crippen molar-refractivity contribution in [1.29, 1.82) is 0 Å². The molecule has 1 aromatic carbocycles. The van der Waals surface area contributed by atoms with Crippen molar-refractivity contribution in [3.8, 4) is 0 Å². The molecule has 0 aliphatic rings. The zero-order chi connectivity index (χ0) is 16.5. The lowest BCUT2D eigenvalue weighted by Gasteiger charge is -2.21. The third kappa shape index (κ3) is 6.70. The molecule has 1 aromatic rings. The van der Waals surface area contributed by atoms with Crippen LogP contribution in [-0.2, 0) is 16.1 Å². The van der Waals surface area contributed by atoms with Crippen molar-refractivity contribution >= 4 is 11.8 Å². The summed E-state index contributed by atoms with van der Waals surface area (Å²) in [4.78, 5) is 25.0. The van der Waals surface area contributed by atoms with E-state index in [9.17, 15) is 14.0 Å². The van der Waals surface area contributed by atoms with E-state index in [1.54, 1.807) is 23.1 Å². The fraction of sp³-hybridized carbons (Fsp3) is 0.529. The molecule has 0 saturated carbocycles. The van der Waals surface area contributed by atoms with Crippen molar-refractivity contribution in [2.24, 2.45) is 5.92 Å². The summed E-state index contributed by atoms with van der Waals surface area (Å²) in [6.07, 6.45) is 1.14. The van der Waals surface area contributed by atoms with Crippen LogP contribution in [0.25, 0.3) is 0 Å². The van der Waals surface area contributed by atoms with Crippen LogP contribution in [0.4, 0.5) is 4.39 Å². The van der Waals surface area contributed by atoms with Crippen molar-refractivity contribution in [3.63, 3.8) is 0 Å². The molecule has 1 rings (SSSR count). The molecular weight excluding hydrogens is 283 g/mol. The number of amides is 2. The van der Waals surface area contributed by atoms with Crippen LogP contribution in [-0.4, -0.2) is 29.8 Å². The fourth-order valence-electron chi connectivity index (χ4n) is 2.00. The van der Waals surface area contributed by atoms with Gasteiger partial charge in [-0.2, -0.15) is 0 Å². The average Bonchev–Trinajstić information content (AvgIpc) is 2.45.